The molecule has 0 amide bonds. The number of rotatable bonds is 4. The smallest absolute Gasteiger partial charge is 0.271 e. The van der Waals surface area contributed by atoms with Crippen LogP contribution in [0.1, 0.15) is 0 Å². The number of hydrogen-bond acceptors (Lipinski definition) is 6. The molecule has 1 fully saturated rings. The molecule has 4 rings (SSSR count). The number of fused-ring (bicyclic) bond motifs is 1. The minimum atomic E-state index is -3.61. The molecular weight excluding hydrogens is 392 g/mol. The lowest BCUT2D eigenvalue weighted by molar-refractivity contribution is 0.586. The molecule has 0 radical (unpaired) electrons. The van der Waals surface area contributed by atoms with Gasteiger partial charge >= 0.3 is 0 Å². The van der Waals surface area contributed by atoms with E-state index >= 15 is 0 Å². The van der Waals surface area contributed by atoms with Crippen molar-refractivity contribution < 1.29 is 8.42 Å². The van der Waals surface area contributed by atoms with Crippen molar-refractivity contribution in [3.63, 3.8) is 0 Å². The summed E-state index contributed by atoms with van der Waals surface area (Å²) < 4.78 is 29.3. The summed E-state index contributed by atoms with van der Waals surface area (Å²) in [7, 11) is -3.61. The number of para-hydroxylation sites is 1. The van der Waals surface area contributed by atoms with Gasteiger partial charge in [-0.2, -0.15) is 0 Å². The highest BCUT2D eigenvalue weighted by Gasteiger charge is 2.21. The SMILES string of the molecule is Cl.O=S(=O)(Nc1ccccc1)c1cc2c(N3CCNCC3)nccc2s1. The maximum atomic E-state index is 12.7. The predicted molar refractivity (Wildman–Crippen MR) is 109 cm³/mol. The van der Waals surface area contributed by atoms with Crippen molar-refractivity contribution in [2.45, 2.75) is 4.21 Å². The normalized spacial score (nSPS) is 14.8. The Bertz CT molecular complexity index is 986. The van der Waals surface area contributed by atoms with Crippen LogP contribution in [0.15, 0.2) is 52.9 Å². The van der Waals surface area contributed by atoms with Gasteiger partial charge in [-0.3, -0.25) is 4.72 Å². The zero-order chi connectivity index (χ0) is 17.3. The van der Waals surface area contributed by atoms with Crippen LogP contribution in [0.2, 0.25) is 0 Å². The van der Waals surface area contributed by atoms with Gasteiger partial charge in [-0.15, -0.1) is 23.7 Å². The van der Waals surface area contributed by atoms with Crippen LogP contribution in [0.25, 0.3) is 10.1 Å². The molecule has 3 heterocycles. The van der Waals surface area contributed by atoms with E-state index in [9.17, 15) is 8.42 Å². The number of nitrogens with one attached hydrogen (secondary N) is 2. The highest BCUT2D eigenvalue weighted by molar-refractivity contribution is 7.94. The zero-order valence-electron chi connectivity index (χ0n) is 13.9. The topological polar surface area (TPSA) is 74.3 Å². The quantitative estimate of drug-likeness (QED) is 0.691. The standard InChI is InChI=1S/C17H18N4O2S2.ClH/c22-25(23,20-13-4-2-1-3-5-13)16-12-14-15(24-16)6-7-19-17(14)21-10-8-18-9-11-21;/h1-7,12,18,20H,8-11H2;1H. The Balaban J connectivity index is 0.00000196. The van der Waals surface area contributed by atoms with E-state index in [-0.39, 0.29) is 12.4 Å². The number of piperazine rings is 1. The van der Waals surface area contributed by atoms with Gasteiger partial charge in [-0.05, 0) is 24.3 Å². The zero-order valence-corrected chi connectivity index (χ0v) is 16.3. The molecule has 9 heteroatoms. The van der Waals surface area contributed by atoms with Gasteiger partial charge in [-0.25, -0.2) is 13.4 Å². The van der Waals surface area contributed by atoms with E-state index in [4.69, 9.17) is 0 Å². The van der Waals surface area contributed by atoms with Gasteiger partial charge in [-0.1, -0.05) is 18.2 Å². The third-order valence-corrected chi connectivity index (χ3v) is 7.06. The Morgan fingerprint density at radius 2 is 1.85 bits per heavy atom. The van der Waals surface area contributed by atoms with Crippen molar-refractivity contribution in [3.05, 3.63) is 48.7 Å². The number of aromatic nitrogens is 1. The first-order valence-corrected chi connectivity index (χ1v) is 10.4. The van der Waals surface area contributed by atoms with Crippen molar-refractivity contribution in [3.8, 4) is 0 Å². The first kappa shape index (κ1) is 18.9. The molecule has 1 aliphatic heterocycles. The fraction of sp³-hybridized carbons (Fsp3) is 0.235. The van der Waals surface area contributed by atoms with Crippen molar-refractivity contribution in [1.29, 1.82) is 0 Å². The van der Waals surface area contributed by atoms with Gasteiger partial charge in [0.2, 0.25) is 0 Å². The summed E-state index contributed by atoms with van der Waals surface area (Å²) in [6.07, 6.45) is 1.75. The second kappa shape index (κ2) is 7.79. The van der Waals surface area contributed by atoms with Crippen molar-refractivity contribution in [2.75, 3.05) is 35.8 Å². The number of hydrogen-bond donors (Lipinski definition) is 2. The summed E-state index contributed by atoms with van der Waals surface area (Å²) >= 11 is 1.27. The number of benzene rings is 1. The second-order valence-corrected chi connectivity index (χ2v) is 8.81. The highest BCUT2D eigenvalue weighted by Crippen LogP contribution is 2.34. The Morgan fingerprint density at radius 1 is 1.12 bits per heavy atom. The maximum Gasteiger partial charge on any atom is 0.271 e. The first-order chi connectivity index (χ1) is 12.1. The molecule has 0 bridgehead atoms. The second-order valence-electron chi connectivity index (χ2n) is 5.82. The fourth-order valence-corrected chi connectivity index (χ4v) is 5.33. The molecule has 2 aromatic heterocycles. The molecular formula is C17H19ClN4O2S2. The summed E-state index contributed by atoms with van der Waals surface area (Å²) in [4.78, 5) is 6.70. The predicted octanol–water partition coefficient (Wildman–Crippen LogP) is 2.93. The minimum absolute atomic E-state index is 0. The summed E-state index contributed by atoms with van der Waals surface area (Å²) in [5.41, 5.74) is 0.556. The average molecular weight is 411 g/mol. The molecule has 1 saturated heterocycles. The van der Waals surface area contributed by atoms with E-state index in [1.54, 1.807) is 36.5 Å². The van der Waals surface area contributed by atoms with E-state index in [0.29, 0.717) is 9.90 Å². The lowest BCUT2D eigenvalue weighted by atomic mass is 10.2. The number of anilines is 2. The van der Waals surface area contributed by atoms with Gasteiger partial charge in [0.25, 0.3) is 10.0 Å². The Labute approximate surface area is 162 Å². The van der Waals surface area contributed by atoms with E-state index in [1.165, 1.54) is 11.3 Å². The number of pyridine rings is 1. The van der Waals surface area contributed by atoms with Crippen LogP contribution in [-0.4, -0.2) is 39.6 Å². The van der Waals surface area contributed by atoms with Gasteiger partial charge in [0, 0.05) is 48.1 Å². The van der Waals surface area contributed by atoms with Crippen LogP contribution in [0, 0.1) is 0 Å². The molecule has 26 heavy (non-hydrogen) atoms. The third kappa shape index (κ3) is 3.78. The molecule has 0 spiro atoms. The molecule has 0 atom stereocenters. The third-order valence-electron chi connectivity index (χ3n) is 4.11. The molecule has 1 aromatic carbocycles. The van der Waals surface area contributed by atoms with Gasteiger partial charge in [0.1, 0.15) is 10.0 Å². The number of halogens is 1. The summed E-state index contributed by atoms with van der Waals surface area (Å²) in [5.74, 6) is 0.858. The van der Waals surface area contributed by atoms with Crippen LogP contribution in [0.3, 0.4) is 0 Å². The van der Waals surface area contributed by atoms with Gasteiger partial charge in [0.05, 0.1) is 0 Å². The monoisotopic (exact) mass is 410 g/mol. The Kier molecular flexibility index (Phi) is 5.67. The van der Waals surface area contributed by atoms with Crippen LogP contribution in [-0.2, 0) is 10.0 Å². The molecule has 0 aliphatic carbocycles. The number of thiophene rings is 1. The molecule has 3 aromatic rings. The van der Waals surface area contributed by atoms with E-state index in [1.807, 2.05) is 12.1 Å². The van der Waals surface area contributed by atoms with Crippen molar-refractivity contribution >= 4 is 55.4 Å². The molecule has 6 nitrogen and oxygen atoms in total. The van der Waals surface area contributed by atoms with Crippen LogP contribution >= 0.6 is 23.7 Å². The molecule has 2 N–H and O–H groups in total. The summed E-state index contributed by atoms with van der Waals surface area (Å²) in [6, 6.07) is 12.5. The first-order valence-electron chi connectivity index (χ1n) is 8.05. The summed E-state index contributed by atoms with van der Waals surface area (Å²) in [5, 5.41) is 4.21. The largest absolute Gasteiger partial charge is 0.354 e. The van der Waals surface area contributed by atoms with E-state index in [0.717, 1.165) is 42.1 Å². The number of sulfonamides is 1. The van der Waals surface area contributed by atoms with Crippen LogP contribution < -0.4 is 14.9 Å². The Hall–Kier alpha value is -1.87. The molecule has 0 saturated carbocycles. The Morgan fingerprint density at radius 3 is 2.58 bits per heavy atom. The minimum Gasteiger partial charge on any atom is -0.354 e. The highest BCUT2D eigenvalue weighted by atomic mass is 35.5. The lowest BCUT2D eigenvalue weighted by Crippen LogP contribution is -2.43. The fourth-order valence-electron chi connectivity index (χ4n) is 2.90. The number of nitrogens with zero attached hydrogens (tertiary/aromatic N) is 2. The molecule has 138 valence electrons. The van der Waals surface area contributed by atoms with E-state index < -0.39 is 10.0 Å². The summed E-state index contributed by atoms with van der Waals surface area (Å²) in [6.45, 7) is 3.55. The average Bonchev–Trinajstić information content (AvgIpc) is 3.08. The van der Waals surface area contributed by atoms with Crippen LogP contribution in [0.4, 0.5) is 11.5 Å². The van der Waals surface area contributed by atoms with Gasteiger partial charge < -0.3 is 10.2 Å². The van der Waals surface area contributed by atoms with Crippen molar-refractivity contribution in [1.82, 2.24) is 10.3 Å². The van der Waals surface area contributed by atoms with E-state index in [2.05, 4.69) is 19.9 Å². The van der Waals surface area contributed by atoms with Crippen LogP contribution in [0.5, 0.6) is 0 Å². The lowest BCUT2D eigenvalue weighted by Gasteiger charge is -2.28. The van der Waals surface area contributed by atoms with Crippen molar-refractivity contribution in [2.24, 2.45) is 0 Å². The maximum absolute atomic E-state index is 12.7. The molecule has 1 aliphatic rings. The molecule has 0 unspecified atom stereocenters. The van der Waals surface area contributed by atoms with Gasteiger partial charge in [0.15, 0.2) is 0 Å².